The number of carbonyl (C=O) groups excluding carboxylic acids is 2. The van der Waals surface area contributed by atoms with Crippen LogP contribution < -0.4 is 4.90 Å². The third-order valence-corrected chi connectivity index (χ3v) is 5.59. The van der Waals surface area contributed by atoms with Gasteiger partial charge in [-0.15, -0.1) is 11.8 Å². The highest BCUT2D eigenvalue weighted by atomic mass is 32.2. The van der Waals surface area contributed by atoms with Crippen molar-refractivity contribution in [3.63, 3.8) is 0 Å². The fourth-order valence-electron chi connectivity index (χ4n) is 2.96. The van der Waals surface area contributed by atoms with Gasteiger partial charge in [0.2, 0.25) is 5.91 Å². The molecule has 1 amide bonds. The van der Waals surface area contributed by atoms with Crippen LogP contribution in [0.15, 0.2) is 42.5 Å². The largest absolute Gasteiger partial charge is 0.468 e. The predicted octanol–water partition coefficient (Wildman–Crippen LogP) is 2.39. The van der Waals surface area contributed by atoms with E-state index in [-0.39, 0.29) is 23.7 Å². The highest BCUT2D eigenvalue weighted by molar-refractivity contribution is 8.00. The zero-order valence-electron chi connectivity index (χ0n) is 14.5. The number of benzene rings is 2. The summed E-state index contributed by atoms with van der Waals surface area (Å²) < 4.78 is 4.80. The van der Waals surface area contributed by atoms with E-state index in [1.807, 2.05) is 30.1 Å². The Bertz CT molecular complexity index is 780. The lowest BCUT2D eigenvalue weighted by Gasteiger charge is -2.32. The average Bonchev–Trinajstić information content (AvgIpc) is 2.66. The maximum atomic E-state index is 12.6. The molecular formula is C19H22N2O3S. The first-order valence-corrected chi connectivity index (χ1v) is 9.30. The van der Waals surface area contributed by atoms with Gasteiger partial charge in [-0.05, 0) is 22.9 Å². The summed E-state index contributed by atoms with van der Waals surface area (Å²) in [5.74, 6) is 0.529. The quantitative estimate of drug-likeness (QED) is 0.786. The zero-order valence-corrected chi connectivity index (χ0v) is 15.3. The van der Waals surface area contributed by atoms with E-state index in [1.165, 1.54) is 12.5 Å². The highest BCUT2D eigenvalue weighted by Gasteiger charge is 2.29. The van der Waals surface area contributed by atoms with Gasteiger partial charge in [0, 0.05) is 31.6 Å². The van der Waals surface area contributed by atoms with Crippen molar-refractivity contribution in [1.82, 2.24) is 4.90 Å². The molecule has 1 atom stereocenters. The summed E-state index contributed by atoms with van der Waals surface area (Å²) in [6.45, 7) is 1.38. The van der Waals surface area contributed by atoms with Gasteiger partial charge in [-0.3, -0.25) is 9.59 Å². The number of hydrogen-bond acceptors (Lipinski definition) is 5. The second-order valence-electron chi connectivity index (χ2n) is 6.11. The maximum Gasteiger partial charge on any atom is 0.320 e. The Labute approximate surface area is 151 Å². The summed E-state index contributed by atoms with van der Waals surface area (Å²) in [7, 11) is 3.30. The number of rotatable bonds is 4. The molecule has 25 heavy (non-hydrogen) atoms. The SMILES string of the molecule is COC(=O)[C@H]1CN(C(=O)CN(C)c2ccc3ccccc3c2)CCS1. The summed E-state index contributed by atoms with van der Waals surface area (Å²) in [4.78, 5) is 28.0. The number of amides is 1. The lowest BCUT2D eigenvalue weighted by atomic mass is 10.1. The molecule has 0 aromatic heterocycles. The van der Waals surface area contributed by atoms with Crippen molar-refractivity contribution < 1.29 is 14.3 Å². The number of esters is 1. The molecule has 0 bridgehead atoms. The summed E-state index contributed by atoms with van der Waals surface area (Å²) in [5.41, 5.74) is 1.00. The van der Waals surface area contributed by atoms with Gasteiger partial charge in [-0.25, -0.2) is 0 Å². The Kier molecular flexibility index (Phi) is 5.48. The van der Waals surface area contributed by atoms with Gasteiger partial charge < -0.3 is 14.5 Å². The minimum Gasteiger partial charge on any atom is -0.468 e. The lowest BCUT2D eigenvalue weighted by molar-refractivity contribution is -0.141. The molecule has 3 rings (SSSR count). The monoisotopic (exact) mass is 358 g/mol. The van der Waals surface area contributed by atoms with Gasteiger partial charge in [0.1, 0.15) is 5.25 Å². The third-order valence-electron chi connectivity index (χ3n) is 4.43. The van der Waals surface area contributed by atoms with E-state index in [1.54, 1.807) is 16.7 Å². The van der Waals surface area contributed by atoms with E-state index in [4.69, 9.17) is 4.74 Å². The number of likely N-dealkylation sites (N-methyl/N-ethyl adjacent to an activating group) is 1. The van der Waals surface area contributed by atoms with Gasteiger partial charge in [0.15, 0.2) is 0 Å². The van der Waals surface area contributed by atoms with Crippen LogP contribution in [-0.2, 0) is 14.3 Å². The second kappa shape index (κ2) is 7.78. The summed E-state index contributed by atoms with van der Waals surface area (Å²) in [6, 6.07) is 14.3. The molecule has 0 aliphatic carbocycles. The van der Waals surface area contributed by atoms with Gasteiger partial charge in [0.05, 0.1) is 13.7 Å². The Hall–Kier alpha value is -2.21. The molecule has 2 aromatic carbocycles. The molecule has 1 fully saturated rings. The number of anilines is 1. The van der Waals surface area contributed by atoms with E-state index < -0.39 is 0 Å². The first kappa shape index (κ1) is 17.6. The standard InChI is InChI=1S/C19H22N2O3S/c1-20(16-8-7-14-5-3-4-6-15(14)11-16)13-18(22)21-9-10-25-17(12-21)19(23)24-2/h3-8,11,17H,9-10,12-13H2,1-2H3/t17-/m1/s1. The number of thioether (sulfide) groups is 1. The minimum atomic E-state index is -0.284. The molecule has 132 valence electrons. The fourth-order valence-corrected chi connectivity index (χ4v) is 4.09. The van der Waals surface area contributed by atoms with Crippen molar-refractivity contribution in [1.29, 1.82) is 0 Å². The zero-order chi connectivity index (χ0) is 17.8. The Balaban J connectivity index is 1.65. The second-order valence-corrected chi connectivity index (χ2v) is 7.42. The van der Waals surface area contributed by atoms with Crippen LogP contribution >= 0.6 is 11.8 Å². The molecular weight excluding hydrogens is 336 g/mol. The Morgan fingerprint density at radius 1 is 1.24 bits per heavy atom. The first-order chi connectivity index (χ1) is 12.1. The van der Waals surface area contributed by atoms with Crippen LogP contribution in [0.5, 0.6) is 0 Å². The lowest BCUT2D eigenvalue weighted by Crippen LogP contribution is -2.48. The van der Waals surface area contributed by atoms with Crippen molar-refractivity contribution in [2.24, 2.45) is 0 Å². The molecule has 0 saturated carbocycles. The number of methoxy groups -OCH3 is 1. The summed E-state index contributed by atoms with van der Waals surface area (Å²) in [6.07, 6.45) is 0. The van der Waals surface area contributed by atoms with Gasteiger partial charge in [-0.2, -0.15) is 0 Å². The molecule has 0 radical (unpaired) electrons. The number of nitrogens with zero attached hydrogens (tertiary/aromatic N) is 2. The van der Waals surface area contributed by atoms with E-state index in [2.05, 4.69) is 24.3 Å². The van der Waals surface area contributed by atoms with E-state index in [0.29, 0.717) is 13.1 Å². The first-order valence-electron chi connectivity index (χ1n) is 8.25. The van der Waals surface area contributed by atoms with E-state index in [0.717, 1.165) is 16.8 Å². The Morgan fingerprint density at radius 2 is 2.00 bits per heavy atom. The molecule has 1 saturated heterocycles. The van der Waals surface area contributed by atoms with E-state index in [9.17, 15) is 9.59 Å². The molecule has 5 nitrogen and oxygen atoms in total. The van der Waals surface area contributed by atoms with Crippen molar-refractivity contribution in [3.8, 4) is 0 Å². The van der Waals surface area contributed by atoms with E-state index >= 15 is 0 Å². The van der Waals surface area contributed by atoms with Crippen LogP contribution in [0, 0.1) is 0 Å². The molecule has 1 heterocycles. The molecule has 1 aliphatic heterocycles. The van der Waals surface area contributed by atoms with Crippen LogP contribution in [0.1, 0.15) is 0 Å². The topological polar surface area (TPSA) is 49.9 Å². The molecule has 1 aliphatic rings. The van der Waals surface area contributed by atoms with Crippen molar-refractivity contribution in [2.45, 2.75) is 5.25 Å². The van der Waals surface area contributed by atoms with Crippen LogP contribution in [0.2, 0.25) is 0 Å². The van der Waals surface area contributed by atoms with Crippen LogP contribution in [-0.4, -0.2) is 61.6 Å². The van der Waals surface area contributed by atoms with Gasteiger partial charge >= 0.3 is 5.97 Å². The third kappa shape index (κ3) is 4.07. The number of carbonyl (C=O) groups is 2. The van der Waals surface area contributed by atoms with Crippen molar-refractivity contribution >= 4 is 40.1 Å². The smallest absolute Gasteiger partial charge is 0.320 e. The number of hydrogen-bond donors (Lipinski definition) is 0. The molecule has 0 spiro atoms. The maximum absolute atomic E-state index is 12.6. The highest BCUT2D eigenvalue weighted by Crippen LogP contribution is 2.23. The van der Waals surface area contributed by atoms with Gasteiger partial charge in [-0.1, -0.05) is 30.3 Å². The van der Waals surface area contributed by atoms with Crippen molar-refractivity contribution in [3.05, 3.63) is 42.5 Å². The number of ether oxygens (including phenoxy) is 1. The Morgan fingerprint density at radius 3 is 2.76 bits per heavy atom. The predicted molar refractivity (Wildman–Crippen MR) is 102 cm³/mol. The summed E-state index contributed by atoms with van der Waals surface area (Å²) >= 11 is 1.55. The molecule has 2 aromatic rings. The minimum absolute atomic E-state index is 0.0323. The molecule has 0 N–H and O–H groups in total. The average molecular weight is 358 g/mol. The van der Waals surface area contributed by atoms with Gasteiger partial charge in [0.25, 0.3) is 0 Å². The fraction of sp³-hybridized carbons (Fsp3) is 0.368. The summed E-state index contributed by atoms with van der Waals surface area (Å²) in [5, 5.41) is 2.05. The molecule has 0 unspecified atom stereocenters. The normalized spacial score (nSPS) is 17.4. The molecule has 6 heteroatoms. The van der Waals surface area contributed by atoms with Crippen LogP contribution in [0.25, 0.3) is 10.8 Å². The van der Waals surface area contributed by atoms with Crippen molar-refractivity contribution in [2.75, 3.05) is 44.4 Å². The van der Waals surface area contributed by atoms with Crippen LogP contribution in [0.3, 0.4) is 0 Å². The van der Waals surface area contributed by atoms with Crippen LogP contribution in [0.4, 0.5) is 5.69 Å². The number of fused-ring (bicyclic) bond motifs is 1.